The van der Waals surface area contributed by atoms with E-state index >= 15 is 0 Å². The molecule has 3 rings (SSSR count). The summed E-state index contributed by atoms with van der Waals surface area (Å²) in [5.41, 5.74) is 2.38. The van der Waals surface area contributed by atoms with Crippen LogP contribution in [0, 0.1) is 6.92 Å². The summed E-state index contributed by atoms with van der Waals surface area (Å²) < 4.78 is 1.06. The van der Waals surface area contributed by atoms with Crippen molar-refractivity contribution in [2.75, 3.05) is 22.9 Å². The van der Waals surface area contributed by atoms with Crippen LogP contribution in [0.3, 0.4) is 0 Å². The molecule has 6 heteroatoms. The fourth-order valence-corrected chi connectivity index (χ4v) is 3.75. The van der Waals surface area contributed by atoms with Crippen molar-refractivity contribution in [2.24, 2.45) is 0 Å². The maximum atomic E-state index is 4.82. The Balaban J connectivity index is 1.99. The van der Waals surface area contributed by atoms with Gasteiger partial charge in [0.05, 0.1) is 5.69 Å². The molecule has 5 nitrogen and oxygen atoms in total. The number of aromatic nitrogens is 3. The van der Waals surface area contributed by atoms with Crippen LogP contribution in [0.1, 0.15) is 50.9 Å². The number of anilines is 3. The first kappa shape index (κ1) is 19.8. The molecule has 0 amide bonds. The van der Waals surface area contributed by atoms with Crippen molar-refractivity contribution in [1.82, 2.24) is 15.0 Å². The molecule has 144 valence electrons. The Kier molecular flexibility index (Phi) is 6.15. The van der Waals surface area contributed by atoms with Crippen molar-refractivity contribution in [3.05, 3.63) is 46.7 Å². The number of halogens is 1. The first-order valence-corrected chi connectivity index (χ1v) is 10.4. The minimum atomic E-state index is 0.488. The zero-order valence-electron chi connectivity index (χ0n) is 16.6. The number of hydrogen-bond donors (Lipinski definition) is 0. The molecule has 27 heavy (non-hydrogen) atoms. The predicted octanol–water partition coefficient (Wildman–Crippen LogP) is 5.38. The van der Waals surface area contributed by atoms with Crippen LogP contribution in [-0.2, 0) is 0 Å². The van der Waals surface area contributed by atoms with Crippen LogP contribution in [0.5, 0.6) is 0 Å². The molecule has 0 saturated heterocycles. The molecule has 1 aromatic heterocycles. The van der Waals surface area contributed by atoms with Gasteiger partial charge in [0.15, 0.2) is 0 Å². The fraction of sp³-hybridized carbons (Fsp3) is 0.476. The second-order valence-electron chi connectivity index (χ2n) is 7.26. The van der Waals surface area contributed by atoms with Gasteiger partial charge in [0, 0.05) is 23.6 Å². The molecule has 1 aromatic carbocycles. The van der Waals surface area contributed by atoms with Gasteiger partial charge in [-0.25, -0.2) is 0 Å². The first-order valence-electron chi connectivity index (χ1n) is 9.61. The quantitative estimate of drug-likeness (QED) is 0.527. The topological polar surface area (TPSA) is 45.2 Å². The van der Waals surface area contributed by atoms with Crippen molar-refractivity contribution in [3.8, 4) is 0 Å². The lowest BCUT2D eigenvalue weighted by molar-refractivity contribution is 0.787. The lowest BCUT2D eigenvalue weighted by Crippen LogP contribution is -2.29. The molecular formula is C21H28BrN5. The Labute approximate surface area is 170 Å². The predicted molar refractivity (Wildman–Crippen MR) is 116 cm³/mol. The third-order valence-electron chi connectivity index (χ3n) is 4.78. The molecule has 0 unspecified atom stereocenters. The zero-order chi connectivity index (χ0) is 19.6. The summed E-state index contributed by atoms with van der Waals surface area (Å²) >= 11 is 3.74. The molecular weight excluding hydrogens is 402 g/mol. The van der Waals surface area contributed by atoms with Crippen molar-refractivity contribution in [1.29, 1.82) is 0 Å². The summed E-state index contributed by atoms with van der Waals surface area (Å²) in [5.74, 6) is 2.65. The van der Waals surface area contributed by atoms with Crippen LogP contribution in [0.4, 0.5) is 17.6 Å². The lowest BCUT2D eigenvalue weighted by atomic mass is 10.0. The van der Waals surface area contributed by atoms with Gasteiger partial charge in [-0.1, -0.05) is 26.0 Å². The van der Waals surface area contributed by atoms with Crippen LogP contribution in [0.25, 0.3) is 0 Å². The van der Waals surface area contributed by atoms with Gasteiger partial charge in [-0.15, -0.1) is 6.58 Å². The highest BCUT2D eigenvalue weighted by Gasteiger charge is 2.31. The highest BCUT2D eigenvalue weighted by atomic mass is 79.9. The summed E-state index contributed by atoms with van der Waals surface area (Å²) in [6.45, 7) is 13.9. The number of rotatable bonds is 8. The number of nitrogens with zero attached hydrogens (tertiary/aromatic N) is 5. The smallest absolute Gasteiger partial charge is 0.234 e. The van der Waals surface area contributed by atoms with Crippen LogP contribution < -0.4 is 9.80 Å². The highest BCUT2D eigenvalue weighted by Crippen LogP contribution is 2.34. The molecule has 0 spiro atoms. The molecule has 1 aliphatic carbocycles. The molecule has 1 fully saturated rings. The Morgan fingerprint density at radius 2 is 1.93 bits per heavy atom. The molecule has 1 saturated carbocycles. The monoisotopic (exact) mass is 429 g/mol. The van der Waals surface area contributed by atoms with E-state index in [1.165, 1.54) is 18.4 Å². The van der Waals surface area contributed by atoms with Gasteiger partial charge >= 0.3 is 0 Å². The van der Waals surface area contributed by atoms with Crippen LogP contribution in [-0.4, -0.2) is 34.1 Å². The van der Waals surface area contributed by atoms with Gasteiger partial charge < -0.3 is 9.80 Å². The van der Waals surface area contributed by atoms with Crippen LogP contribution in [0.15, 0.2) is 35.3 Å². The average molecular weight is 430 g/mol. The summed E-state index contributed by atoms with van der Waals surface area (Å²) in [4.78, 5) is 18.4. The Morgan fingerprint density at radius 3 is 2.48 bits per heavy atom. The largest absolute Gasteiger partial charge is 0.334 e. The summed E-state index contributed by atoms with van der Waals surface area (Å²) in [6, 6.07) is 7.02. The Morgan fingerprint density at radius 1 is 1.22 bits per heavy atom. The van der Waals surface area contributed by atoms with Gasteiger partial charge in [-0.2, -0.15) is 15.0 Å². The Hall–Kier alpha value is -1.95. The average Bonchev–Trinajstić information content (AvgIpc) is 3.46. The molecule has 2 aromatic rings. The first-order chi connectivity index (χ1) is 12.9. The molecule has 0 aliphatic heterocycles. The van der Waals surface area contributed by atoms with Crippen molar-refractivity contribution in [2.45, 2.75) is 52.5 Å². The van der Waals surface area contributed by atoms with E-state index in [0.717, 1.165) is 35.0 Å². The van der Waals surface area contributed by atoms with E-state index in [1.807, 2.05) is 13.0 Å². The Bertz CT molecular complexity index is 816. The minimum Gasteiger partial charge on any atom is -0.334 e. The maximum absolute atomic E-state index is 4.82. The zero-order valence-corrected chi connectivity index (χ0v) is 18.2. The molecule has 0 radical (unpaired) electrons. The number of hydrogen-bond acceptors (Lipinski definition) is 5. The SMILES string of the molecule is C=CCN(c1nc(C)nc(N(CC)c2ccc(C(C)C)cc2Br)n1)C1CC1. The molecule has 1 heterocycles. The number of aryl methyl sites for hydroxylation is 1. The molecule has 1 aliphatic rings. The standard InChI is InChI=1S/C21H28BrN5/c1-6-12-27(17-9-10-17)21-24-15(5)23-20(25-21)26(7-2)19-11-8-16(14(3)4)13-18(19)22/h6,8,11,13-14,17H,1,7,9-10,12H2,2-5H3. The van der Waals surface area contributed by atoms with E-state index in [4.69, 9.17) is 4.98 Å². The molecule has 0 atom stereocenters. The maximum Gasteiger partial charge on any atom is 0.234 e. The second kappa shape index (κ2) is 8.38. The van der Waals surface area contributed by atoms with Gasteiger partial charge in [0.25, 0.3) is 0 Å². The summed E-state index contributed by atoms with van der Waals surface area (Å²) in [6.07, 6.45) is 4.29. The second-order valence-corrected chi connectivity index (χ2v) is 8.12. The summed E-state index contributed by atoms with van der Waals surface area (Å²) in [5, 5.41) is 0. The van der Waals surface area contributed by atoms with Crippen LogP contribution >= 0.6 is 15.9 Å². The van der Waals surface area contributed by atoms with Crippen molar-refractivity contribution < 1.29 is 0 Å². The van der Waals surface area contributed by atoms with Crippen molar-refractivity contribution in [3.63, 3.8) is 0 Å². The van der Waals surface area contributed by atoms with E-state index in [1.54, 1.807) is 0 Å². The van der Waals surface area contributed by atoms with Gasteiger partial charge in [-0.05, 0) is 66.2 Å². The molecule has 0 N–H and O–H groups in total. The normalized spacial score (nSPS) is 13.7. The van der Waals surface area contributed by atoms with Gasteiger partial charge in [0.2, 0.25) is 11.9 Å². The van der Waals surface area contributed by atoms with Crippen LogP contribution in [0.2, 0.25) is 0 Å². The fourth-order valence-electron chi connectivity index (χ4n) is 3.14. The number of benzene rings is 1. The van der Waals surface area contributed by atoms with Gasteiger partial charge in [-0.3, -0.25) is 0 Å². The van der Waals surface area contributed by atoms with E-state index in [2.05, 4.69) is 81.2 Å². The van der Waals surface area contributed by atoms with E-state index in [0.29, 0.717) is 17.9 Å². The van der Waals surface area contributed by atoms with E-state index in [-0.39, 0.29) is 0 Å². The summed E-state index contributed by atoms with van der Waals surface area (Å²) in [7, 11) is 0. The van der Waals surface area contributed by atoms with Gasteiger partial charge in [0.1, 0.15) is 5.82 Å². The highest BCUT2D eigenvalue weighted by molar-refractivity contribution is 9.10. The molecule has 0 bridgehead atoms. The third-order valence-corrected chi connectivity index (χ3v) is 5.42. The third kappa shape index (κ3) is 4.49. The minimum absolute atomic E-state index is 0.488. The van der Waals surface area contributed by atoms with E-state index < -0.39 is 0 Å². The van der Waals surface area contributed by atoms with E-state index in [9.17, 15) is 0 Å². The lowest BCUT2D eigenvalue weighted by Gasteiger charge is -2.26. The van der Waals surface area contributed by atoms with Crippen molar-refractivity contribution >= 4 is 33.5 Å².